The number of hydrogen-bond donors (Lipinski definition) is 1. The Bertz CT molecular complexity index is 825. The summed E-state index contributed by atoms with van der Waals surface area (Å²) in [6, 6.07) is 13.5. The van der Waals surface area contributed by atoms with Crippen molar-refractivity contribution >= 4 is 15.8 Å². The average Bonchev–Trinajstić information content (AvgIpc) is 2.55. The molecule has 0 unspecified atom stereocenters. The fourth-order valence-electron chi connectivity index (χ4n) is 3.22. The smallest absolute Gasteiger partial charge is 0.303 e. The minimum absolute atomic E-state index is 0.0234. The summed E-state index contributed by atoms with van der Waals surface area (Å²) in [7, 11) is -3.53. The van der Waals surface area contributed by atoms with E-state index in [1.807, 2.05) is 0 Å². The number of carbonyl (C=O) groups is 1. The number of carboxylic acid groups (broad SMARTS) is 1. The van der Waals surface area contributed by atoms with Gasteiger partial charge in [-0.25, -0.2) is 8.42 Å². The van der Waals surface area contributed by atoms with Crippen LogP contribution in [0.5, 0.6) is 0 Å². The number of rotatable bonds is 4. The highest BCUT2D eigenvalue weighted by Gasteiger charge is 2.25. The zero-order valence-corrected chi connectivity index (χ0v) is 13.4. The molecule has 23 heavy (non-hydrogen) atoms. The molecule has 1 aliphatic carbocycles. The molecule has 5 heteroatoms. The van der Waals surface area contributed by atoms with Crippen molar-refractivity contribution in [2.45, 2.75) is 41.4 Å². The van der Waals surface area contributed by atoms with Gasteiger partial charge in [0.2, 0.25) is 9.84 Å². The largest absolute Gasteiger partial charge is 0.481 e. The Labute approximate surface area is 135 Å². The predicted octanol–water partition coefficient (Wildman–Crippen LogP) is 3.41. The van der Waals surface area contributed by atoms with Crippen molar-refractivity contribution in [3.05, 3.63) is 59.7 Å². The molecule has 0 aliphatic heterocycles. The quantitative estimate of drug-likeness (QED) is 0.932. The second-order valence-electron chi connectivity index (χ2n) is 5.86. The summed E-state index contributed by atoms with van der Waals surface area (Å²) >= 11 is 0. The molecule has 0 fully saturated rings. The minimum Gasteiger partial charge on any atom is -0.481 e. The van der Waals surface area contributed by atoms with Crippen molar-refractivity contribution < 1.29 is 18.3 Å². The van der Waals surface area contributed by atoms with Crippen molar-refractivity contribution in [3.8, 4) is 0 Å². The Morgan fingerprint density at radius 1 is 1.09 bits per heavy atom. The molecule has 4 nitrogen and oxygen atoms in total. The summed E-state index contributed by atoms with van der Waals surface area (Å²) < 4.78 is 25.4. The van der Waals surface area contributed by atoms with Crippen LogP contribution in [-0.2, 0) is 21.1 Å². The summed E-state index contributed by atoms with van der Waals surface area (Å²) in [6.45, 7) is 0. The Morgan fingerprint density at radius 3 is 2.52 bits per heavy atom. The fraction of sp³-hybridized carbons (Fsp3) is 0.278. The Balaban J connectivity index is 2.00. The van der Waals surface area contributed by atoms with E-state index in [2.05, 4.69) is 0 Å². The number of sulfone groups is 1. The molecule has 0 amide bonds. The first kappa shape index (κ1) is 15.7. The van der Waals surface area contributed by atoms with E-state index in [1.54, 1.807) is 48.5 Å². The highest BCUT2D eigenvalue weighted by atomic mass is 32.2. The maximum atomic E-state index is 12.7. The van der Waals surface area contributed by atoms with Gasteiger partial charge in [-0.2, -0.15) is 0 Å². The Kier molecular flexibility index (Phi) is 4.22. The number of hydrogen-bond acceptors (Lipinski definition) is 3. The molecular weight excluding hydrogens is 312 g/mol. The molecule has 0 spiro atoms. The molecule has 1 N–H and O–H groups in total. The summed E-state index contributed by atoms with van der Waals surface area (Å²) in [4.78, 5) is 11.5. The van der Waals surface area contributed by atoms with Gasteiger partial charge in [-0.05, 0) is 60.6 Å². The molecule has 1 atom stereocenters. The zero-order valence-electron chi connectivity index (χ0n) is 12.6. The van der Waals surface area contributed by atoms with Crippen molar-refractivity contribution in [1.29, 1.82) is 0 Å². The molecule has 0 aromatic heterocycles. The van der Waals surface area contributed by atoms with Crippen LogP contribution in [0.2, 0.25) is 0 Å². The van der Waals surface area contributed by atoms with Crippen molar-refractivity contribution in [2.24, 2.45) is 0 Å². The maximum absolute atomic E-state index is 12.7. The number of carboxylic acids is 1. The number of benzene rings is 2. The summed E-state index contributed by atoms with van der Waals surface area (Å²) in [6.07, 6.45) is 2.62. The van der Waals surface area contributed by atoms with Crippen LogP contribution in [0.25, 0.3) is 0 Å². The first-order chi connectivity index (χ1) is 11.0. The van der Waals surface area contributed by atoms with Gasteiger partial charge in [0.15, 0.2) is 0 Å². The molecule has 2 aromatic carbocycles. The van der Waals surface area contributed by atoms with Crippen LogP contribution >= 0.6 is 0 Å². The van der Waals surface area contributed by atoms with E-state index in [0.717, 1.165) is 30.4 Å². The van der Waals surface area contributed by atoms with Crippen molar-refractivity contribution in [3.63, 3.8) is 0 Å². The molecule has 3 rings (SSSR count). The van der Waals surface area contributed by atoms with E-state index in [0.29, 0.717) is 0 Å². The first-order valence-corrected chi connectivity index (χ1v) is 9.11. The zero-order chi connectivity index (χ0) is 16.4. The standard InChI is InChI=1S/C18H18O4S/c19-18(20)12-14-6-4-5-13-11-16(9-10-17(13)14)23(21,22)15-7-2-1-3-8-15/h1-3,7-11,14H,4-6,12H2,(H,19,20)/t14-/m0/s1. The summed E-state index contributed by atoms with van der Waals surface area (Å²) in [5.74, 6) is -0.839. The second kappa shape index (κ2) is 6.16. The molecule has 120 valence electrons. The van der Waals surface area contributed by atoms with Gasteiger partial charge < -0.3 is 5.11 Å². The summed E-state index contributed by atoms with van der Waals surface area (Å²) in [5, 5.41) is 9.03. The molecule has 2 aromatic rings. The van der Waals surface area contributed by atoms with E-state index < -0.39 is 15.8 Å². The lowest BCUT2D eigenvalue weighted by Gasteiger charge is -2.24. The SMILES string of the molecule is O=C(O)C[C@@H]1CCCc2cc(S(=O)(=O)c3ccccc3)ccc21. The van der Waals surface area contributed by atoms with Gasteiger partial charge in [0.05, 0.1) is 16.2 Å². The third kappa shape index (κ3) is 3.15. The second-order valence-corrected chi connectivity index (χ2v) is 7.81. The predicted molar refractivity (Wildman–Crippen MR) is 86.3 cm³/mol. The molecule has 0 heterocycles. The summed E-state index contributed by atoms with van der Waals surface area (Å²) in [5.41, 5.74) is 1.94. The molecular formula is C18H18O4S. The van der Waals surface area contributed by atoms with E-state index >= 15 is 0 Å². The van der Waals surface area contributed by atoms with E-state index in [1.165, 1.54) is 0 Å². The lowest BCUT2D eigenvalue weighted by Crippen LogP contribution is -2.14. The molecule has 1 aliphatic rings. The number of aliphatic carboxylic acids is 1. The van der Waals surface area contributed by atoms with Gasteiger partial charge in [-0.15, -0.1) is 0 Å². The normalized spacial score (nSPS) is 17.5. The van der Waals surface area contributed by atoms with E-state index in [-0.39, 0.29) is 22.1 Å². The topological polar surface area (TPSA) is 71.4 Å². The average molecular weight is 330 g/mol. The van der Waals surface area contributed by atoms with Crippen LogP contribution in [0, 0.1) is 0 Å². The highest BCUT2D eigenvalue weighted by molar-refractivity contribution is 7.91. The third-order valence-corrected chi connectivity index (χ3v) is 6.11. The lowest BCUT2D eigenvalue weighted by atomic mass is 9.81. The van der Waals surface area contributed by atoms with Gasteiger partial charge in [0, 0.05) is 0 Å². The van der Waals surface area contributed by atoms with Crippen molar-refractivity contribution in [1.82, 2.24) is 0 Å². The van der Waals surface area contributed by atoms with Crippen LogP contribution in [0.1, 0.15) is 36.3 Å². The molecule has 0 bridgehead atoms. The van der Waals surface area contributed by atoms with Crippen LogP contribution < -0.4 is 0 Å². The minimum atomic E-state index is -3.53. The molecule has 0 saturated heterocycles. The van der Waals surface area contributed by atoms with Crippen LogP contribution in [0.4, 0.5) is 0 Å². The van der Waals surface area contributed by atoms with Gasteiger partial charge in [0.1, 0.15) is 0 Å². The lowest BCUT2D eigenvalue weighted by molar-refractivity contribution is -0.137. The van der Waals surface area contributed by atoms with Gasteiger partial charge in [-0.3, -0.25) is 4.79 Å². The monoisotopic (exact) mass is 330 g/mol. The van der Waals surface area contributed by atoms with Crippen LogP contribution in [0.3, 0.4) is 0 Å². The van der Waals surface area contributed by atoms with Gasteiger partial charge in [0.25, 0.3) is 0 Å². The highest BCUT2D eigenvalue weighted by Crippen LogP contribution is 2.36. The van der Waals surface area contributed by atoms with Crippen LogP contribution in [-0.4, -0.2) is 19.5 Å². The van der Waals surface area contributed by atoms with Gasteiger partial charge >= 0.3 is 5.97 Å². The first-order valence-electron chi connectivity index (χ1n) is 7.63. The third-order valence-electron chi connectivity index (χ3n) is 4.34. The van der Waals surface area contributed by atoms with Crippen LogP contribution in [0.15, 0.2) is 58.3 Å². The Morgan fingerprint density at radius 2 is 1.83 bits per heavy atom. The molecule has 0 saturated carbocycles. The number of aryl methyl sites for hydroxylation is 1. The van der Waals surface area contributed by atoms with E-state index in [9.17, 15) is 13.2 Å². The number of fused-ring (bicyclic) bond motifs is 1. The van der Waals surface area contributed by atoms with E-state index in [4.69, 9.17) is 5.11 Å². The van der Waals surface area contributed by atoms with Gasteiger partial charge in [-0.1, -0.05) is 24.3 Å². The Hall–Kier alpha value is -2.14. The molecule has 0 radical (unpaired) electrons. The van der Waals surface area contributed by atoms with Crippen molar-refractivity contribution in [2.75, 3.05) is 0 Å². The fourth-order valence-corrected chi connectivity index (χ4v) is 4.55. The maximum Gasteiger partial charge on any atom is 0.303 e.